The highest BCUT2D eigenvalue weighted by Crippen LogP contribution is 2.29. The van der Waals surface area contributed by atoms with Crippen LogP contribution in [0, 0.1) is 11.3 Å². The van der Waals surface area contributed by atoms with Crippen LogP contribution in [0.4, 0.5) is 0 Å². The molecule has 2 nitrogen and oxygen atoms in total. The van der Waals surface area contributed by atoms with Gasteiger partial charge in [0.05, 0.1) is 6.07 Å². The summed E-state index contributed by atoms with van der Waals surface area (Å²) in [6.07, 6.45) is 4.96. The number of aromatic nitrogens is 1. The van der Waals surface area contributed by atoms with Crippen LogP contribution < -0.4 is 0 Å². The van der Waals surface area contributed by atoms with Crippen LogP contribution in [0.15, 0.2) is 30.5 Å². The first-order chi connectivity index (χ1) is 8.24. The van der Waals surface area contributed by atoms with Crippen LogP contribution in [0.1, 0.15) is 37.7 Å². The van der Waals surface area contributed by atoms with Crippen LogP contribution in [0.3, 0.4) is 0 Å². The molecule has 0 aliphatic carbocycles. The maximum atomic E-state index is 8.57. The molecule has 0 fully saturated rings. The second-order valence-electron chi connectivity index (χ2n) is 4.66. The molecule has 0 spiro atoms. The zero-order chi connectivity index (χ0) is 12.3. The summed E-state index contributed by atoms with van der Waals surface area (Å²) in [4.78, 5) is 0. The summed E-state index contributed by atoms with van der Waals surface area (Å²) in [5, 5.41) is 9.92. The second-order valence-corrected chi connectivity index (χ2v) is 4.66. The first-order valence-electron chi connectivity index (χ1n) is 6.15. The smallest absolute Gasteiger partial charge is 0.0621 e. The topological polar surface area (TPSA) is 28.7 Å². The van der Waals surface area contributed by atoms with Crippen molar-refractivity contribution in [1.82, 2.24) is 4.57 Å². The molecule has 0 aliphatic heterocycles. The van der Waals surface area contributed by atoms with E-state index in [1.807, 2.05) is 0 Å². The molecule has 1 aromatic carbocycles. The fraction of sp³-hybridized carbons (Fsp3) is 0.400. The van der Waals surface area contributed by atoms with E-state index < -0.39 is 0 Å². The molecule has 1 atom stereocenters. The third kappa shape index (κ3) is 2.34. The fourth-order valence-electron chi connectivity index (χ4n) is 2.41. The number of nitrogens with zero attached hydrogens (tertiary/aromatic N) is 2. The Labute approximate surface area is 102 Å². The molecule has 0 saturated carbocycles. The molecule has 0 N–H and O–H groups in total. The largest absolute Gasteiger partial charge is 0.350 e. The predicted molar refractivity (Wildman–Crippen MR) is 70.8 cm³/mol. The van der Waals surface area contributed by atoms with Gasteiger partial charge < -0.3 is 4.57 Å². The molecule has 17 heavy (non-hydrogen) atoms. The Bertz CT molecular complexity index is 546. The number of unbranched alkanes of at least 4 members (excludes halogenated alkanes) is 1. The summed E-state index contributed by atoms with van der Waals surface area (Å²) in [5.74, 6) is 0.523. The zero-order valence-corrected chi connectivity index (χ0v) is 10.5. The molecule has 1 aromatic heterocycles. The number of nitriles is 1. The maximum absolute atomic E-state index is 8.57. The number of hydrogen-bond acceptors (Lipinski definition) is 1. The highest BCUT2D eigenvalue weighted by molar-refractivity contribution is 5.84. The van der Waals surface area contributed by atoms with E-state index >= 15 is 0 Å². The summed E-state index contributed by atoms with van der Waals surface area (Å²) in [6, 6.07) is 10.7. The lowest BCUT2D eigenvalue weighted by Gasteiger charge is -2.08. The van der Waals surface area contributed by atoms with Gasteiger partial charge in [-0.25, -0.2) is 0 Å². The number of benzene rings is 1. The maximum Gasteiger partial charge on any atom is 0.0621 e. The third-order valence-electron chi connectivity index (χ3n) is 3.38. The minimum absolute atomic E-state index is 0.523. The van der Waals surface area contributed by atoms with Crippen molar-refractivity contribution in [2.75, 3.05) is 0 Å². The molecule has 2 rings (SSSR count). The van der Waals surface area contributed by atoms with Gasteiger partial charge >= 0.3 is 0 Å². The lowest BCUT2D eigenvalue weighted by Crippen LogP contribution is -1.92. The molecular formula is C15H18N2. The van der Waals surface area contributed by atoms with E-state index in [-0.39, 0.29) is 0 Å². The van der Waals surface area contributed by atoms with Gasteiger partial charge in [-0.2, -0.15) is 5.26 Å². The molecule has 0 saturated heterocycles. The lowest BCUT2D eigenvalue weighted by atomic mass is 9.95. The van der Waals surface area contributed by atoms with Gasteiger partial charge in [-0.1, -0.05) is 25.1 Å². The van der Waals surface area contributed by atoms with Crippen LogP contribution in [0.25, 0.3) is 10.9 Å². The van der Waals surface area contributed by atoms with E-state index in [1.165, 1.54) is 16.5 Å². The van der Waals surface area contributed by atoms with Crippen molar-refractivity contribution in [3.8, 4) is 6.07 Å². The average molecular weight is 226 g/mol. The Kier molecular flexibility index (Phi) is 3.49. The van der Waals surface area contributed by atoms with Crippen LogP contribution >= 0.6 is 0 Å². The number of rotatable bonds is 4. The fourth-order valence-corrected chi connectivity index (χ4v) is 2.41. The Balaban J connectivity index is 2.26. The highest BCUT2D eigenvalue weighted by atomic mass is 14.9. The number of para-hydroxylation sites is 1. The molecule has 0 radical (unpaired) electrons. The van der Waals surface area contributed by atoms with Crippen molar-refractivity contribution in [1.29, 1.82) is 5.26 Å². The van der Waals surface area contributed by atoms with Crippen molar-refractivity contribution in [2.45, 2.75) is 32.1 Å². The molecule has 88 valence electrons. The minimum Gasteiger partial charge on any atom is -0.350 e. The predicted octanol–water partition coefficient (Wildman–Crippen LogP) is 3.98. The van der Waals surface area contributed by atoms with E-state index in [4.69, 9.17) is 5.26 Å². The quantitative estimate of drug-likeness (QED) is 0.725. The molecule has 1 unspecified atom stereocenters. The molecule has 0 aliphatic rings. The Hall–Kier alpha value is -1.75. The average Bonchev–Trinajstić information content (AvgIpc) is 2.68. The van der Waals surface area contributed by atoms with Gasteiger partial charge in [-0.3, -0.25) is 0 Å². The van der Waals surface area contributed by atoms with E-state index in [0.717, 1.165) is 12.8 Å². The second kappa shape index (κ2) is 5.05. The summed E-state index contributed by atoms with van der Waals surface area (Å²) >= 11 is 0. The van der Waals surface area contributed by atoms with E-state index in [2.05, 4.69) is 55.1 Å². The van der Waals surface area contributed by atoms with Crippen molar-refractivity contribution in [3.05, 3.63) is 36.0 Å². The van der Waals surface area contributed by atoms with Crippen molar-refractivity contribution >= 4 is 10.9 Å². The minimum atomic E-state index is 0.523. The molecular weight excluding hydrogens is 208 g/mol. The first kappa shape index (κ1) is 11.7. The summed E-state index contributed by atoms with van der Waals surface area (Å²) in [6.45, 7) is 2.25. The van der Waals surface area contributed by atoms with Crippen LogP contribution in [-0.2, 0) is 7.05 Å². The van der Waals surface area contributed by atoms with Gasteiger partial charge in [0.1, 0.15) is 0 Å². The summed E-state index contributed by atoms with van der Waals surface area (Å²) < 4.78 is 2.19. The number of aryl methyl sites for hydroxylation is 1. The number of hydrogen-bond donors (Lipinski definition) is 0. The number of fused-ring (bicyclic) bond motifs is 1. The normalized spacial score (nSPS) is 12.5. The molecule has 0 bridgehead atoms. The van der Waals surface area contributed by atoms with Crippen molar-refractivity contribution in [3.63, 3.8) is 0 Å². The van der Waals surface area contributed by atoms with Gasteiger partial charge in [0.25, 0.3) is 0 Å². The lowest BCUT2D eigenvalue weighted by molar-refractivity contribution is 0.644. The van der Waals surface area contributed by atoms with Crippen LogP contribution in [-0.4, -0.2) is 4.57 Å². The first-order valence-corrected chi connectivity index (χ1v) is 6.15. The van der Waals surface area contributed by atoms with E-state index in [1.54, 1.807) is 0 Å². The van der Waals surface area contributed by atoms with E-state index in [9.17, 15) is 0 Å². The van der Waals surface area contributed by atoms with Gasteiger partial charge in [-0.05, 0) is 30.4 Å². The van der Waals surface area contributed by atoms with Gasteiger partial charge in [0.15, 0.2) is 0 Å². The van der Waals surface area contributed by atoms with Gasteiger partial charge in [-0.15, -0.1) is 0 Å². The summed E-state index contributed by atoms with van der Waals surface area (Å²) in [7, 11) is 2.09. The van der Waals surface area contributed by atoms with Crippen LogP contribution in [0.5, 0.6) is 0 Å². The Morgan fingerprint density at radius 3 is 2.88 bits per heavy atom. The SMILES string of the molecule is CC(CCCC#N)c1cn(C)c2ccccc12. The zero-order valence-electron chi connectivity index (χ0n) is 10.5. The van der Waals surface area contributed by atoms with Crippen molar-refractivity contribution in [2.24, 2.45) is 7.05 Å². The van der Waals surface area contributed by atoms with E-state index in [0.29, 0.717) is 12.3 Å². The van der Waals surface area contributed by atoms with Gasteiger partial charge in [0.2, 0.25) is 0 Å². The standard InChI is InChI=1S/C15H18N2/c1-12(7-5-6-10-16)14-11-17(2)15-9-4-3-8-13(14)15/h3-4,8-9,11-12H,5-7H2,1-2H3. The third-order valence-corrected chi connectivity index (χ3v) is 3.38. The molecule has 0 amide bonds. The van der Waals surface area contributed by atoms with Crippen molar-refractivity contribution < 1.29 is 0 Å². The summed E-state index contributed by atoms with van der Waals surface area (Å²) in [5.41, 5.74) is 2.69. The monoisotopic (exact) mass is 226 g/mol. The Morgan fingerprint density at radius 2 is 2.12 bits per heavy atom. The molecule has 1 heterocycles. The molecule has 2 heteroatoms. The molecule has 2 aromatic rings. The Morgan fingerprint density at radius 1 is 1.35 bits per heavy atom. The highest BCUT2D eigenvalue weighted by Gasteiger charge is 2.12. The van der Waals surface area contributed by atoms with Crippen LogP contribution in [0.2, 0.25) is 0 Å². The van der Waals surface area contributed by atoms with Gasteiger partial charge in [0, 0.05) is 30.6 Å².